The van der Waals surface area contributed by atoms with Crippen molar-refractivity contribution in [2.24, 2.45) is 11.8 Å². The summed E-state index contributed by atoms with van der Waals surface area (Å²) in [5.74, 6) is 1.68. The summed E-state index contributed by atoms with van der Waals surface area (Å²) in [5, 5.41) is 3.45. The molecule has 70 valence electrons. The van der Waals surface area contributed by atoms with Crippen LogP contribution in [0.3, 0.4) is 0 Å². The maximum Gasteiger partial charge on any atom is 0.0162 e. The largest absolute Gasteiger partial charge is 0.313 e. The summed E-state index contributed by atoms with van der Waals surface area (Å²) in [4.78, 5) is 0. The van der Waals surface area contributed by atoms with Gasteiger partial charge in [-0.05, 0) is 38.1 Å². The summed E-state index contributed by atoms with van der Waals surface area (Å²) in [7, 11) is 0. The molecule has 1 nitrogen and oxygen atoms in total. The van der Waals surface area contributed by atoms with Gasteiger partial charge < -0.3 is 5.32 Å². The van der Waals surface area contributed by atoms with Crippen LogP contribution in [0.2, 0.25) is 0 Å². The number of nitrogens with one attached hydrogen (secondary N) is 1. The Balaban J connectivity index is 2.05. The molecule has 0 amide bonds. The van der Waals surface area contributed by atoms with Crippen molar-refractivity contribution in [1.82, 2.24) is 5.32 Å². The fraction of sp³-hybridized carbons (Fsp3) is 0.818. The van der Waals surface area contributed by atoms with Crippen LogP contribution >= 0.6 is 0 Å². The zero-order valence-corrected chi connectivity index (χ0v) is 8.56. The average Bonchev–Trinajstić information content (AvgIpc) is 2.70. The van der Waals surface area contributed by atoms with E-state index in [2.05, 4.69) is 32.2 Å². The van der Waals surface area contributed by atoms with Crippen molar-refractivity contribution in [3.8, 4) is 0 Å². The van der Waals surface area contributed by atoms with Crippen molar-refractivity contribution in [1.29, 1.82) is 0 Å². The van der Waals surface area contributed by atoms with Crippen LogP contribution in [0.25, 0.3) is 0 Å². The molecule has 1 aliphatic carbocycles. The van der Waals surface area contributed by atoms with Crippen molar-refractivity contribution in [2.75, 3.05) is 13.1 Å². The Kier molecular flexibility index (Phi) is 3.80. The van der Waals surface area contributed by atoms with Gasteiger partial charge in [-0.2, -0.15) is 0 Å². The van der Waals surface area contributed by atoms with Crippen molar-refractivity contribution in [3.05, 3.63) is 11.6 Å². The first kappa shape index (κ1) is 9.79. The highest BCUT2D eigenvalue weighted by Gasteiger charge is 2.17. The lowest BCUT2D eigenvalue weighted by Crippen LogP contribution is -2.21. The Bertz CT molecular complexity index is 154. The number of rotatable bonds is 5. The smallest absolute Gasteiger partial charge is 0.0162 e. The third-order valence-electron chi connectivity index (χ3n) is 2.10. The van der Waals surface area contributed by atoms with E-state index in [1.807, 2.05) is 0 Å². The molecule has 1 N–H and O–H groups in total. The Morgan fingerprint density at radius 3 is 2.67 bits per heavy atom. The minimum Gasteiger partial charge on any atom is -0.313 e. The van der Waals surface area contributed by atoms with E-state index in [0.717, 1.165) is 24.9 Å². The lowest BCUT2D eigenvalue weighted by Gasteiger charge is -2.07. The van der Waals surface area contributed by atoms with E-state index in [4.69, 9.17) is 0 Å². The van der Waals surface area contributed by atoms with Crippen molar-refractivity contribution < 1.29 is 0 Å². The van der Waals surface area contributed by atoms with Gasteiger partial charge in [0.1, 0.15) is 0 Å². The molecule has 0 spiro atoms. The third-order valence-corrected chi connectivity index (χ3v) is 2.10. The molecule has 1 rings (SSSR count). The molecule has 0 bridgehead atoms. The van der Waals surface area contributed by atoms with Crippen molar-refractivity contribution in [3.63, 3.8) is 0 Å². The van der Waals surface area contributed by atoms with Gasteiger partial charge in [-0.25, -0.2) is 0 Å². The zero-order valence-electron chi connectivity index (χ0n) is 8.56. The topological polar surface area (TPSA) is 12.0 Å². The van der Waals surface area contributed by atoms with Gasteiger partial charge in [0.2, 0.25) is 0 Å². The predicted molar refractivity (Wildman–Crippen MR) is 54.2 cm³/mol. The molecule has 1 fully saturated rings. The summed E-state index contributed by atoms with van der Waals surface area (Å²) in [6.45, 7) is 8.93. The lowest BCUT2D eigenvalue weighted by atomic mass is 10.2. The van der Waals surface area contributed by atoms with Gasteiger partial charge in [-0.3, -0.25) is 0 Å². The van der Waals surface area contributed by atoms with E-state index in [0.29, 0.717) is 0 Å². The van der Waals surface area contributed by atoms with E-state index >= 15 is 0 Å². The Hall–Kier alpha value is -0.300. The second-order valence-corrected chi connectivity index (χ2v) is 4.38. The van der Waals surface area contributed by atoms with Gasteiger partial charge in [0, 0.05) is 6.54 Å². The van der Waals surface area contributed by atoms with E-state index in [1.165, 1.54) is 18.4 Å². The maximum absolute atomic E-state index is 3.45. The fourth-order valence-corrected chi connectivity index (χ4v) is 1.28. The first-order valence-corrected chi connectivity index (χ1v) is 5.06. The molecule has 0 saturated heterocycles. The molecular weight excluding hydrogens is 146 g/mol. The lowest BCUT2D eigenvalue weighted by molar-refractivity contribution is 0.571. The van der Waals surface area contributed by atoms with Gasteiger partial charge >= 0.3 is 0 Å². The summed E-state index contributed by atoms with van der Waals surface area (Å²) in [6, 6.07) is 0. The molecule has 1 heteroatoms. The normalized spacial score (nSPS) is 18.8. The monoisotopic (exact) mass is 167 g/mol. The summed E-state index contributed by atoms with van der Waals surface area (Å²) >= 11 is 0. The van der Waals surface area contributed by atoms with Gasteiger partial charge in [0.05, 0.1) is 0 Å². The van der Waals surface area contributed by atoms with E-state index in [-0.39, 0.29) is 0 Å². The van der Waals surface area contributed by atoms with Crippen LogP contribution < -0.4 is 5.32 Å². The van der Waals surface area contributed by atoms with E-state index in [9.17, 15) is 0 Å². The van der Waals surface area contributed by atoms with Gasteiger partial charge in [0.25, 0.3) is 0 Å². The zero-order chi connectivity index (χ0) is 8.97. The van der Waals surface area contributed by atoms with Gasteiger partial charge in [0.15, 0.2) is 0 Å². The Labute approximate surface area is 76.2 Å². The van der Waals surface area contributed by atoms with Crippen LogP contribution in [0, 0.1) is 11.8 Å². The van der Waals surface area contributed by atoms with Gasteiger partial charge in [-0.1, -0.05) is 25.5 Å². The predicted octanol–water partition coefficient (Wildman–Crippen LogP) is 2.59. The highest BCUT2D eigenvalue weighted by molar-refractivity contribution is 5.06. The maximum atomic E-state index is 3.45. The third kappa shape index (κ3) is 4.55. The number of allylic oxidation sites excluding steroid dienone is 1. The Morgan fingerprint density at radius 1 is 1.50 bits per heavy atom. The van der Waals surface area contributed by atoms with Crippen molar-refractivity contribution in [2.45, 2.75) is 33.6 Å². The summed E-state index contributed by atoms with van der Waals surface area (Å²) in [5.41, 5.74) is 1.51. The molecular formula is C11H21N. The molecule has 0 radical (unpaired) electrons. The highest BCUT2D eigenvalue weighted by Crippen LogP contribution is 2.31. The van der Waals surface area contributed by atoms with Crippen LogP contribution in [-0.2, 0) is 0 Å². The minimum atomic E-state index is 0.763. The highest BCUT2D eigenvalue weighted by atomic mass is 14.8. The molecule has 12 heavy (non-hydrogen) atoms. The van der Waals surface area contributed by atoms with Crippen LogP contribution in [0.15, 0.2) is 11.6 Å². The second-order valence-electron chi connectivity index (χ2n) is 4.38. The van der Waals surface area contributed by atoms with Crippen molar-refractivity contribution >= 4 is 0 Å². The molecule has 0 heterocycles. The molecule has 1 saturated carbocycles. The first-order valence-electron chi connectivity index (χ1n) is 5.06. The van der Waals surface area contributed by atoms with E-state index < -0.39 is 0 Å². The van der Waals surface area contributed by atoms with Crippen LogP contribution in [0.5, 0.6) is 0 Å². The Morgan fingerprint density at radius 2 is 2.17 bits per heavy atom. The average molecular weight is 167 g/mol. The molecule has 0 unspecified atom stereocenters. The molecule has 0 aliphatic heterocycles. The van der Waals surface area contributed by atoms with Gasteiger partial charge in [-0.15, -0.1) is 0 Å². The first-order chi connectivity index (χ1) is 5.68. The minimum absolute atomic E-state index is 0.763. The fourth-order valence-electron chi connectivity index (χ4n) is 1.28. The molecule has 0 aromatic heterocycles. The SMILES string of the molecule is CC(=CC1CC1)CNCC(C)C. The quantitative estimate of drug-likeness (QED) is 0.621. The second kappa shape index (κ2) is 4.66. The summed E-state index contributed by atoms with van der Waals surface area (Å²) < 4.78 is 0. The molecule has 1 aliphatic rings. The number of hydrogen-bond acceptors (Lipinski definition) is 1. The standard InChI is InChI=1S/C11H21N/c1-9(2)7-12-8-10(3)6-11-4-5-11/h6,9,11-12H,4-5,7-8H2,1-3H3. The molecule has 0 atom stereocenters. The van der Waals surface area contributed by atoms with Crippen LogP contribution in [-0.4, -0.2) is 13.1 Å². The summed E-state index contributed by atoms with van der Waals surface area (Å²) in [6.07, 6.45) is 5.26. The number of hydrogen-bond donors (Lipinski definition) is 1. The van der Waals surface area contributed by atoms with Crippen LogP contribution in [0.4, 0.5) is 0 Å². The molecule has 0 aromatic rings. The van der Waals surface area contributed by atoms with E-state index in [1.54, 1.807) is 0 Å². The molecule has 0 aromatic carbocycles. The van der Waals surface area contributed by atoms with Crippen LogP contribution in [0.1, 0.15) is 33.6 Å².